The van der Waals surface area contributed by atoms with Gasteiger partial charge in [0.15, 0.2) is 0 Å². The molecule has 3 aromatic rings. The molecule has 0 fully saturated rings. The maximum atomic E-state index is 5.50. The molecule has 1 aromatic carbocycles. The molecule has 0 aliphatic rings. The van der Waals surface area contributed by atoms with Gasteiger partial charge in [-0.15, -0.1) is 10.2 Å². The lowest BCUT2D eigenvalue weighted by atomic mass is 10.2. The largest absolute Gasteiger partial charge is 0.421 e. The van der Waals surface area contributed by atoms with Crippen LogP contribution >= 0.6 is 0 Å². The molecule has 2 aromatic heterocycles. The molecule has 0 N–H and O–H groups in total. The van der Waals surface area contributed by atoms with Crippen molar-refractivity contribution < 1.29 is 4.42 Å². The third-order valence-corrected chi connectivity index (χ3v) is 2.89. The Bertz CT molecular complexity index is 666. The Kier molecular flexibility index (Phi) is 2.21. The molecule has 86 valence electrons. The lowest BCUT2D eigenvalue weighted by molar-refractivity contribution is 0.533. The zero-order chi connectivity index (χ0) is 11.8. The van der Waals surface area contributed by atoms with E-state index in [0.717, 1.165) is 17.5 Å². The Morgan fingerprint density at radius 1 is 1.24 bits per heavy atom. The zero-order valence-corrected chi connectivity index (χ0v) is 9.84. The number of nitrogens with zero attached hydrogens (tertiary/aromatic N) is 3. The van der Waals surface area contributed by atoms with Crippen LogP contribution in [0.1, 0.15) is 12.8 Å². The summed E-state index contributed by atoms with van der Waals surface area (Å²) in [6.45, 7) is 4.85. The highest BCUT2D eigenvalue weighted by atomic mass is 16.4. The monoisotopic (exact) mass is 227 g/mol. The van der Waals surface area contributed by atoms with Crippen molar-refractivity contribution in [1.29, 1.82) is 0 Å². The van der Waals surface area contributed by atoms with Gasteiger partial charge in [0.25, 0.3) is 0 Å². The van der Waals surface area contributed by atoms with Crippen LogP contribution in [-0.4, -0.2) is 14.8 Å². The van der Waals surface area contributed by atoms with Gasteiger partial charge in [0, 0.05) is 30.6 Å². The zero-order valence-electron chi connectivity index (χ0n) is 9.84. The summed E-state index contributed by atoms with van der Waals surface area (Å²) in [5.74, 6) is 1.18. The van der Waals surface area contributed by atoms with Crippen LogP contribution in [-0.2, 0) is 6.54 Å². The van der Waals surface area contributed by atoms with Gasteiger partial charge in [0.2, 0.25) is 11.8 Å². The highest BCUT2D eigenvalue weighted by molar-refractivity contribution is 5.93. The second-order valence-corrected chi connectivity index (χ2v) is 3.97. The molecular formula is C13H13N3O. The average Bonchev–Trinajstić information content (AvgIpc) is 2.92. The summed E-state index contributed by atoms with van der Waals surface area (Å²) in [7, 11) is 0. The minimum absolute atomic E-state index is 0.589. The first-order valence-corrected chi connectivity index (χ1v) is 5.68. The van der Waals surface area contributed by atoms with Gasteiger partial charge in [-0.05, 0) is 13.0 Å². The second-order valence-electron chi connectivity index (χ2n) is 3.97. The van der Waals surface area contributed by atoms with Gasteiger partial charge in [0.05, 0.1) is 5.56 Å². The van der Waals surface area contributed by atoms with Crippen molar-refractivity contribution in [3.63, 3.8) is 0 Å². The van der Waals surface area contributed by atoms with Crippen molar-refractivity contribution >= 4 is 10.9 Å². The second kappa shape index (κ2) is 3.73. The van der Waals surface area contributed by atoms with Gasteiger partial charge in [-0.1, -0.05) is 18.2 Å². The topological polar surface area (TPSA) is 43.9 Å². The summed E-state index contributed by atoms with van der Waals surface area (Å²) in [4.78, 5) is 0. The standard InChI is InChI=1S/C13H13N3O/c1-3-16-8-11(13-15-14-9(2)17-13)10-6-4-5-7-12(10)16/h4-8H,3H2,1-2H3. The fourth-order valence-corrected chi connectivity index (χ4v) is 2.08. The number of rotatable bonds is 2. The minimum atomic E-state index is 0.589. The molecule has 3 rings (SSSR count). The third-order valence-electron chi connectivity index (χ3n) is 2.89. The molecule has 0 aliphatic carbocycles. The van der Waals surface area contributed by atoms with Crippen LogP contribution < -0.4 is 0 Å². The Morgan fingerprint density at radius 2 is 2.06 bits per heavy atom. The van der Waals surface area contributed by atoms with E-state index in [1.807, 2.05) is 12.1 Å². The number of benzene rings is 1. The predicted molar refractivity (Wildman–Crippen MR) is 65.6 cm³/mol. The van der Waals surface area contributed by atoms with Crippen LogP contribution in [0.5, 0.6) is 0 Å². The molecule has 0 radical (unpaired) electrons. The number of aryl methyl sites for hydroxylation is 2. The fraction of sp³-hybridized carbons (Fsp3) is 0.231. The first-order valence-electron chi connectivity index (χ1n) is 5.68. The Hall–Kier alpha value is -2.10. The maximum Gasteiger partial charge on any atom is 0.249 e. The van der Waals surface area contributed by atoms with E-state index >= 15 is 0 Å². The van der Waals surface area contributed by atoms with Gasteiger partial charge >= 0.3 is 0 Å². The molecule has 4 nitrogen and oxygen atoms in total. The minimum Gasteiger partial charge on any atom is -0.421 e. The van der Waals surface area contributed by atoms with E-state index in [0.29, 0.717) is 11.8 Å². The highest BCUT2D eigenvalue weighted by Gasteiger charge is 2.13. The van der Waals surface area contributed by atoms with E-state index < -0.39 is 0 Å². The smallest absolute Gasteiger partial charge is 0.249 e. The van der Waals surface area contributed by atoms with E-state index in [9.17, 15) is 0 Å². The first-order chi connectivity index (χ1) is 8.29. The molecule has 0 bridgehead atoms. The summed E-state index contributed by atoms with van der Waals surface area (Å²) in [5.41, 5.74) is 2.20. The molecule has 0 atom stereocenters. The van der Waals surface area contributed by atoms with Crippen molar-refractivity contribution in [2.45, 2.75) is 20.4 Å². The molecule has 0 amide bonds. The van der Waals surface area contributed by atoms with Gasteiger partial charge in [-0.25, -0.2) is 0 Å². The molecule has 0 unspecified atom stereocenters. The maximum absolute atomic E-state index is 5.50. The molecule has 17 heavy (non-hydrogen) atoms. The van der Waals surface area contributed by atoms with Crippen LogP contribution in [0.25, 0.3) is 22.4 Å². The van der Waals surface area contributed by atoms with E-state index in [1.165, 1.54) is 5.52 Å². The number of fused-ring (bicyclic) bond motifs is 1. The fourth-order valence-electron chi connectivity index (χ4n) is 2.08. The average molecular weight is 227 g/mol. The van der Waals surface area contributed by atoms with E-state index in [-0.39, 0.29) is 0 Å². The number of hydrogen-bond acceptors (Lipinski definition) is 3. The van der Waals surface area contributed by atoms with Crippen molar-refractivity contribution in [3.05, 3.63) is 36.4 Å². The molecular weight excluding hydrogens is 214 g/mol. The SMILES string of the molecule is CCn1cc(-c2nnc(C)o2)c2ccccc21. The van der Waals surface area contributed by atoms with Crippen molar-refractivity contribution in [1.82, 2.24) is 14.8 Å². The number of aromatic nitrogens is 3. The van der Waals surface area contributed by atoms with Crippen LogP contribution in [0.3, 0.4) is 0 Å². The highest BCUT2D eigenvalue weighted by Crippen LogP contribution is 2.29. The normalized spacial score (nSPS) is 11.2. The van der Waals surface area contributed by atoms with Gasteiger partial charge in [0.1, 0.15) is 0 Å². The van der Waals surface area contributed by atoms with Crippen LogP contribution in [0.4, 0.5) is 0 Å². The molecule has 4 heteroatoms. The lowest BCUT2D eigenvalue weighted by Crippen LogP contribution is -1.89. The summed E-state index contributed by atoms with van der Waals surface area (Å²) in [5, 5.41) is 9.11. The lowest BCUT2D eigenvalue weighted by Gasteiger charge is -1.97. The van der Waals surface area contributed by atoms with Crippen molar-refractivity contribution in [2.24, 2.45) is 0 Å². The molecule has 2 heterocycles. The summed E-state index contributed by atoms with van der Waals surface area (Å²) >= 11 is 0. The number of para-hydroxylation sites is 1. The van der Waals surface area contributed by atoms with Gasteiger partial charge in [-0.3, -0.25) is 0 Å². The van der Waals surface area contributed by atoms with Crippen LogP contribution in [0, 0.1) is 6.92 Å². The quantitative estimate of drug-likeness (QED) is 0.676. The number of hydrogen-bond donors (Lipinski definition) is 0. The summed E-state index contributed by atoms with van der Waals surface area (Å²) in [6.07, 6.45) is 2.07. The third kappa shape index (κ3) is 1.53. The molecule has 0 saturated heterocycles. The first kappa shape index (κ1) is 10.1. The molecule has 0 saturated carbocycles. The summed E-state index contributed by atoms with van der Waals surface area (Å²) in [6, 6.07) is 8.24. The van der Waals surface area contributed by atoms with Crippen LogP contribution in [0.15, 0.2) is 34.9 Å². The van der Waals surface area contributed by atoms with Gasteiger partial charge in [-0.2, -0.15) is 0 Å². The Morgan fingerprint density at radius 3 is 2.76 bits per heavy atom. The van der Waals surface area contributed by atoms with E-state index in [4.69, 9.17) is 4.42 Å². The molecule has 0 spiro atoms. The van der Waals surface area contributed by atoms with E-state index in [1.54, 1.807) is 6.92 Å². The van der Waals surface area contributed by atoms with E-state index in [2.05, 4.69) is 40.0 Å². The predicted octanol–water partition coefficient (Wildman–Crippen LogP) is 3.02. The Labute approximate surface area is 98.9 Å². The van der Waals surface area contributed by atoms with Crippen molar-refractivity contribution in [2.75, 3.05) is 0 Å². The van der Waals surface area contributed by atoms with Crippen molar-refractivity contribution in [3.8, 4) is 11.5 Å². The summed E-state index contributed by atoms with van der Waals surface area (Å²) < 4.78 is 7.68. The van der Waals surface area contributed by atoms with Crippen LogP contribution in [0.2, 0.25) is 0 Å². The van der Waals surface area contributed by atoms with Gasteiger partial charge < -0.3 is 8.98 Å². The Balaban J connectivity index is 2.29. The molecule has 0 aliphatic heterocycles.